The minimum atomic E-state index is 0.0434. The molecule has 0 aliphatic heterocycles. The maximum Gasteiger partial charge on any atom is 0.186 e. The molecule has 0 unspecified atom stereocenters. The number of imidazole rings is 1. The molecule has 2 N–H and O–H groups in total. The molecule has 1 aliphatic carbocycles. The summed E-state index contributed by atoms with van der Waals surface area (Å²) in [6.07, 6.45) is 7.96. The zero-order valence-corrected chi connectivity index (χ0v) is 18.3. The highest BCUT2D eigenvalue weighted by Gasteiger charge is 2.19. The predicted octanol–water partition coefficient (Wildman–Crippen LogP) is 5.00. The van der Waals surface area contributed by atoms with Gasteiger partial charge in [-0.15, -0.1) is 0 Å². The number of aromatic amines is 1. The number of ketones is 1. The molecule has 0 bridgehead atoms. The lowest BCUT2D eigenvalue weighted by Crippen LogP contribution is -2.11. The molecule has 0 radical (unpaired) electrons. The molecule has 6 heteroatoms. The number of hydrogen-bond acceptors (Lipinski definition) is 5. The van der Waals surface area contributed by atoms with Gasteiger partial charge in [0.15, 0.2) is 5.78 Å². The Balaban J connectivity index is 1.49. The summed E-state index contributed by atoms with van der Waals surface area (Å²) in [6.45, 7) is 1.60. The first-order valence-corrected chi connectivity index (χ1v) is 11.0. The van der Waals surface area contributed by atoms with Crippen LogP contribution in [0.15, 0.2) is 73.1 Å². The molecule has 4 aromatic rings. The molecular weight excluding hydrogens is 412 g/mol. The van der Waals surface area contributed by atoms with Crippen LogP contribution in [0.1, 0.15) is 22.3 Å². The van der Waals surface area contributed by atoms with Crippen molar-refractivity contribution in [1.82, 2.24) is 20.3 Å². The van der Waals surface area contributed by atoms with Gasteiger partial charge in [0.25, 0.3) is 0 Å². The molecule has 0 fully saturated rings. The number of carbonyl (C=O) groups is 1. The van der Waals surface area contributed by atoms with E-state index in [1.54, 1.807) is 18.5 Å². The molecule has 2 aromatic carbocycles. The van der Waals surface area contributed by atoms with Gasteiger partial charge < -0.3 is 15.0 Å². The second kappa shape index (κ2) is 9.22. The van der Waals surface area contributed by atoms with E-state index in [4.69, 9.17) is 9.72 Å². The van der Waals surface area contributed by atoms with Crippen LogP contribution in [-0.2, 0) is 0 Å². The number of nitrogens with zero attached hydrogens (tertiary/aromatic N) is 2. The highest BCUT2D eigenvalue weighted by atomic mass is 16.5. The van der Waals surface area contributed by atoms with Crippen molar-refractivity contribution >= 4 is 11.9 Å². The quantitative estimate of drug-likeness (QED) is 0.380. The van der Waals surface area contributed by atoms with Crippen molar-refractivity contribution in [3.8, 4) is 39.7 Å². The molecule has 0 saturated carbocycles. The van der Waals surface area contributed by atoms with Gasteiger partial charge in [-0.25, -0.2) is 4.98 Å². The summed E-state index contributed by atoms with van der Waals surface area (Å²) >= 11 is 0. The molecule has 1 aliphatic rings. The molecule has 164 valence electrons. The topological polar surface area (TPSA) is 79.9 Å². The van der Waals surface area contributed by atoms with E-state index in [1.807, 2.05) is 67.7 Å². The first-order valence-electron chi connectivity index (χ1n) is 11.0. The van der Waals surface area contributed by atoms with Crippen LogP contribution in [0, 0.1) is 0 Å². The van der Waals surface area contributed by atoms with Crippen molar-refractivity contribution in [2.75, 3.05) is 20.2 Å². The average Bonchev–Trinajstić information content (AvgIpc) is 3.47. The maximum absolute atomic E-state index is 12.0. The largest absolute Gasteiger partial charge is 0.494 e. The van der Waals surface area contributed by atoms with Crippen molar-refractivity contribution in [3.63, 3.8) is 0 Å². The number of H-pyrrole nitrogens is 1. The molecule has 0 saturated heterocycles. The molecule has 2 aromatic heterocycles. The van der Waals surface area contributed by atoms with E-state index in [1.165, 1.54) is 0 Å². The number of benzene rings is 2. The zero-order valence-electron chi connectivity index (χ0n) is 18.3. The lowest BCUT2D eigenvalue weighted by atomic mass is 10.0. The van der Waals surface area contributed by atoms with Gasteiger partial charge in [0.2, 0.25) is 0 Å². The summed E-state index contributed by atoms with van der Waals surface area (Å²) < 4.78 is 5.81. The van der Waals surface area contributed by atoms with Gasteiger partial charge in [0, 0.05) is 34.6 Å². The van der Waals surface area contributed by atoms with Crippen molar-refractivity contribution in [3.05, 3.63) is 84.2 Å². The van der Waals surface area contributed by atoms with Gasteiger partial charge in [0.05, 0.1) is 18.0 Å². The lowest BCUT2D eigenvalue weighted by molar-refractivity contribution is 0.105. The van der Waals surface area contributed by atoms with E-state index in [-0.39, 0.29) is 5.78 Å². The minimum Gasteiger partial charge on any atom is -0.494 e. The fraction of sp³-hybridized carbons (Fsp3) is 0.148. The summed E-state index contributed by atoms with van der Waals surface area (Å²) in [6, 6.07) is 17.7. The number of fused-ring (bicyclic) bond motifs is 1. The third kappa shape index (κ3) is 4.33. The molecule has 0 amide bonds. The van der Waals surface area contributed by atoms with E-state index in [0.717, 1.165) is 63.7 Å². The summed E-state index contributed by atoms with van der Waals surface area (Å²) in [5.41, 5.74) is 6.30. The van der Waals surface area contributed by atoms with Gasteiger partial charge in [-0.1, -0.05) is 12.1 Å². The number of pyridine rings is 1. The third-order valence-electron chi connectivity index (χ3n) is 5.65. The van der Waals surface area contributed by atoms with Crippen LogP contribution in [-0.4, -0.2) is 40.9 Å². The highest BCUT2D eigenvalue weighted by molar-refractivity contribution is 6.14. The van der Waals surface area contributed by atoms with E-state index in [0.29, 0.717) is 6.61 Å². The molecule has 5 rings (SSSR count). The van der Waals surface area contributed by atoms with Crippen LogP contribution >= 0.6 is 0 Å². The van der Waals surface area contributed by atoms with E-state index >= 15 is 0 Å². The number of ether oxygens (including phenoxy) is 1. The van der Waals surface area contributed by atoms with Crippen molar-refractivity contribution in [2.24, 2.45) is 0 Å². The second-order valence-electron chi connectivity index (χ2n) is 7.87. The third-order valence-corrected chi connectivity index (χ3v) is 5.65. The Morgan fingerprint density at radius 2 is 1.73 bits per heavy atom. The number of aromatic nitrogens is 3. The van der Waals surface area contributed by atoms with Crippen LogP contribution in [0.5, 0.6) is 5.75 Å². The first kappa shape index (κ1) is 20.8. The van der Waals surface area contributed by atoms with Crippen molar-refractivity contribution < 1.29 is 9.53 Å². The Labute approximate surface area is 192 Å². The molecule has 0 spiro atoms. The Morgan fingerprint density at radius 1 is 0.939 bits per heavy atom. The monoisotopic (exact) mass is 436 g/mol. The first-order chi connectivity index (χ1) is 16.2. The zero-order chi connectivity index (χ0) is 22.6. The normalized spacial score (nSPS) is 12.2. The van der Waals surface area contributed by atoms with Crippen LogP contribution < -0.4 is 10.1 Å². The van der Waals surface area contributed by atoms with Gasteiger partial charge in [0.1, 0.15) is 11.6 Å². The van der Waals surface area contributed by atoms with Crippen molar-refractivity contribution in [2.45, 2.75) is 6.42 Å². The molecule has 6 nitrogen and oxygen atoms in total. The Morgan fingerprint density at radius 3 is 2.52 bits per heavy atom. The molecule has 0 atom stereocenters. The second-order valence-corrected chi connectivity index (χ2v) is 7.87. The summed E-state index contributed by atoms with van der Waals surface area (Å²) in [4.78, 5) is 24.6. The number of rotatable bonds is 8. The van der Waals surface area contributed by atoms with E-state index < -0.39 is 0 Å². The predicted molar refractivity (Wildman–Crippen MR) is 130 cm³/mol. The Bertz CT molecular complexity index is 1310. The SMILES string of the molecule is CNCCCOc1ccc(-c2nc(-c3ccc4c(c3)C=CC4=O)c(-c3ccncc3)[nH]2)cc1. The van der Waals surface area contributed by atoms with Crippen LogP contribution in [0.25, 0.3) is 40.0 Å². The summed E-state index contributed by atoms with van der Waals surface area (Å²) in [7, 11) is 1.94. The van der Waals surface area contributed by atoms with Crippen LogP contribution in [0.2, 0.25) is 0 Å². The number of hydrogen-bond donors (Lipinski definition) is 2. The van der Waals surface area contributed by atoms with Crippen LogP contribution in [0.3, 0.4) is 0 Å². The summed E-state index contributed by atoms with van der Waals surface area (Å²) in [5.74, 6) is 1.65. The molecular formula is C27H24N4O2. The number of allylic oxidation sites excluding steroid dienone is 1. The maximum atomic E-state index is 12.0. The fourth-order valence-corrected chi connectivity index (χ4v) is 3.92. The Hall–Kier alpha value is -4.03. The molecule has 33 heavy (non-hydrogen) atoms. The Kier molecular flexibility index (Phi) is 5.83. The van der Waals surface area contributed by atoms with Gasteiger partial charge >= 0.3 is 0 Å². The lowest BCUT2D eigenvalue weighted by Gasteiger charge is -2.06. The minimum absolute atomic E-state index is 0.0434. The van der Waals surface area contributed by atoms with Gasteiger partial charge in [-0.05, 0) is 80.2 Å². The summed E-state index contributed by atoms with van der Waals surface area (Å²) in [5, 5.41) is 3.12. The van der Waals surface area contributed by atoms with Gasteiger partial charge in [-0.3, -0.25) is 9.78 Å². The standard InChI is InChI=1S/C27H24N4O2/c1-28-13-2-16-33-22-7-3-19(4-8-22)27-30-25(18-11-14-29-15-12-18)26(31-27)21-5-9-23-20(17-21)6-10-24(23)32/h3-12,14-15,17,28H,2,13,16H2,1H3,(H,30,31). The van der Waals surface area contributed by atoms with E-state index in [9.17, 15) is 4.79 Å². The van der Waals surface area contributed by atoms with Crippen molar-refractivity contribution in [1.29, 1.82) is 0 Å². The van der Waals surface area contributed by atoms with Gasteiger partial charge in [-0.2, -0.15) is 0 Å². The molecule has 2 heterocycles. The fourth-order valence-electron chi connectivity index (χ4n) is 3.92. The highest BCUT2D eigenvalue weighted by Crippen LogP contribution is 2.35. The average molecular weight is 437 g/mol. The van der Waals surface area contributed by atoms with Crippen LogP contribution in [0.4, 0.5) is 0 Å². The van der Waals surface area contributed by atoms with E-state index in [2.05, 4.69) is 15.3 Å². The number of carbonyl (C=O) groups excluding carboxylic acids is 1. The smallest absolute Gasteiger partial charge is 0.186 e. The number of nitrogens with one attached hydrogen (secondary N) is 2.